The number of hydrogen-bond acceptors (Lipinski definition) is 4. The fourth-order valence-corrected chi connectivity index (χ4v) is 1.78. The summed E-state index contributed by atoms with van der Waals surface area (Å²) < 4.78 is 13.3. The summed E-state index contributed by atoms with van der Waals surface area (Å²) in [5, 5.41) is 6.16. The van der Waals surface area contributed by atoms with Crippen molar-refractivity contribution in [1.82, 2.24) is 9.97 Å². The van der Waals surface area contributed by atoms with Gasteiger partial charge in [-0.05, 0) is 24.6 Å². The molecule has 0 atom stereocenters. The van der Waals surface area contributed by atoms with E-state index < -0.39 is 0 Å². The smallest absolute Gasteiger partial charge is 0.136 e. The molecule has 5 heteroatoms. The van der Waals surface area contributed by atoms with Crippen molar-refractivity contribution >= 4 is 17.3 Å². The Bertz CT molecular complexity index is 611. The van der Waals surface area contributed by atoms with Crippen molar-refractivity contribution in [2.45, 2.75) is 26.7 Å². The maximum Gasteiger partial charge on any atom is 0.136 e. The summed E-state index contributed by atoms with van der Waals surface area (Å²) in [5.74, 6) is 2.08. The number of anilines is 3. The number of benzene rings is 1. The first-order valence-corrected chi connectivity index (χ1v) is 6.59. The quantitative estimate of drug-likeness (QED) is 0.889. The first-order valence-electron chi connectivity index (χ1n) is 6.59. The molecule has 2 aromatic rings. The van der Waals surface area contributed by atoms with E-state index in [1.54, 1.807) is 12.1 Å². The minimum Gasteiger partial charge on any atom is -0.373 e. The number of rotatable bonds is 4. The Morgan fingerprint density at radius 3 is 2.45 bits per heavy atom. The van der Waals surface area contributed by atoms with Gasteiger partial charge in [0, 0.05) is 24.7 Å². The van der Waals surface area contributed by atoms with Gasteiger partial charge in [0.2, 0.25) is 0 Å². The summed E-state index contributed by atoms with van der Waals surface area (Å²) in [6, 6.07) is 6.45. The monoisotopic (exact) mass is 274 g/mol. The van der Waals surface area contributed by atoms with Gasteiger partial charge in [-0.2, -0.15) is 0 Å². The van der Waals surface area contributed by atoms with Crippen LogP contribution in [0.2, 0.25) is 0 Å². The van der Waals surface area contributed by atoms with Gasteiger partial charge < -0.3 is 10.6 Å². The van der Waals surface area contributed by atoms with Crippen molar-refractivity contribution < 1.29 is 4.39 Å². The normalized spacial score (nSPS) is 10.7. The third kappa shape index (κ3) is 3.23. The lowest BCUT2D eigenvalue weighted by molar-refractivity contribution is 0.628. The molecule has 0 unspecified atom stereocenters. The first-order chi connectivity index (χ1) is 9.49. The zero-order valence-electron chi connectivity index (χ0n) is 12.2. The van der Waals surface area contributed by atoms with Crippen molar-refractivity contribution in [3.63, 3.8) is 0 Å². The van der Waals surface area contributed by atoms with E-state index in [9.17, 15) is 4.39 Å². The fraction of sp³-hybridized carbons (Fsp3) is 0.333. The van der Waals surface area contributed by atoms with Crippen LogP contribution in [0.1, 0.15) is 31.2 Å². The summed E-state index contributed by atoms with van der Waals surface area (Å²) in [4.78, 5) is 8.86. The molecule has 1 aromatic carbocycles. The second-order valence-corrected chi connectivity index (χ2v) is 4.99. The largest absolute Gasteiger partial charge is 0.373 e. The Kier molecular flexibility index (Phi) is 4.17. The van der Waals surface area contributed by atoms with E-state index in [1.165, 1.54) is 12.1 Å². The van der Waals surface area contributed by atoms with Crippen molar-refractivity contribution in [3.05, 3.63) is 41.5 Å². The molecule has 0 aliphatic heterocycles. The van der Waals surface area contributed by atoms with Gasteiger partial charge in [-0.25, -0.2) is 14.4 Å². The number of aromatic nitrogens is 2. The molecule has 0 radical (unpaired) electrons. The lowest BCUT2D eigenvalue weighted by Crippen LogP contribution is -2.05. The fourth-order valence-electron chi connectivity index (χ4n) is 1.78. The molecule has 1 aromatic heterocycles. The predicted octanol–water partition coefficient (Wildman–Crippen LogP) is 3.83. The van der Waals surface area contributed by atoms with Crippen molar-refractivity contribution in [2.75, 3.05) is 17.7 Å². The number of nitrogens with zero attached hydrogens (tertiary/aromatic N) is 2. The van der Waals surface area contributed by atoms with E-state index in [-0.39, 0.29) is 11.7 Å². The number of nitrogens with one attached hydrogen (secondary N) is 2. The zero-order chi connectivity index (χ0) is 14.7. The summed E-state index contributed by atoms with van der Waals surface area (Å²) in [6.45, 7) is 5.99. The van der Waals surface area contributed by atoms with Gasteiger partial charge in [-0.15, -0.1) is 0 Å². The van der Waals surface area contributed by atoms with Crippen LogP contribution in [0, 0.1) is 12.7 Å². The molecule has 0 amide bonds. The average Bonchev–Trinajstić information content (AvgIpc) is 2.42. The summed E-state index contributed by atoms with van der Waals surface area (Å²) in [5.41, 5.74) is 1.67. The van der Waals surface area contributed by atoms with Crippen molar-refractivity contribution in [2.24, 2.45) is 0 Å². The Balaban J connectivity index is 2.37. The number of halogens is 1. The molecule has 0 aliphatic rings. The van der Waals surface area contributed by atoms with Crippen LogP contribution in [0.4, 0.5) is 21.7 Å². The molecule has 0 aliphatic carbocycles. The summed E-state index contributed by atoms with van der Waals surface area (Å²) in [7, 11) is 1.81. The molecular formula is C15H19FN4. The standard InChI is InChI=1S/C15H19FN4/c1-9(2)15-19-13(17-4)8-14(20-15)18-12-7-11(16)6-5-10(12)3/h5-9H,1-4H3,(H2,17,18,19,20). The number of aryl methyl sites for hydroxylation is 1. The highest BCUT2D eigenvalue weighted by molar-refractivity contribution is 5.62. The van der Waals surface area contributed by atoms with Gasteiger partial charge in [-0.3, -0.25) is 0 Å². The Labute approximate surface area is 118 Å². The molecule has 106 valence electrons. The van der Waals surface area contributed by atoms with Crippen LogP contribution >= 0.6 is 0 Å². The van der Waals surface area contributed by atoms with E-state index >= 15 is 0 Å². The minimum atomic E-state index is -0.273. The highest BCUT2D eigenvalue weighted by atomic mass is 19.1. The maximum atomic E-state index is 13.3. The topological polar surface area (TPSA) is 49.8 Å². The van der Waals surface area contributed by atoms with E-state index in [0.717, 1.165) is 17.2 Å². The molecule has 20 heavy (non-hydrogen) atoms. The Morgan fingerprint density at radius 1 is 1.10 bits per heavy atom. The first kappa shape index (κ1) is 14.2. The third-order valence-electron chi connectivity index (χ3n) is 2.98. The predicted molar refractivity (Wildman–Crippen MR) is 80.1 cm³/mol. The van der Waals surface area contributed by atoms with Crippen molar-refractivity contribution in [1.29, 1.82) is 0 Å². The SMILES string of the molecule is CNc1cc(Nc2cc(F)ccc2C)nc(C(C)C)n1. The van der Waals surface area contributed by atoms with Gasteiger partial charge in [0.15, 0.2) is 0 Å². The second kappa shape index (κ2) is 5.86. The van der Waals surface area contributed by atoms with E-state index in [1.807, 2.05) is 27.8 Å². The van der Waals surface area contributed by atoms with Crippen LogP contribution in [0.25, 0.3) is 0 Å². The third-order valence-corrected chi connectivity index (χ3v) is 2.98. The molecule has 4 nitrogen and oxygen atoms in total. The molecule has 0 fully saturated rings. The summed E-state index contributed by atoms with van der Waals surface area (Å²) in [6.07, 6.45) is 0. The van der Waals surface area contributed by atoms with Gasteiger partial charge >= 0.3 is 0 Å². The molecule has 1 heterocycles. The molecule has 0 saturated heterocycles. The highest BCUT2D eigenvalue weighted by Gasteiger charge is 2.09. The van der Waals surface area contributed by atoms with Crippen LogP contribution in [-0.2, 0) is 0 Å². The van der Waals surface area contributed by atoms with E-state index in [4.69, 9.17) is 0 Å². The molecule has 2 rings (SSSR count). The maximum absolute atomic E-state index is 13.3. The van der Waals surface area contributed by atoms with Crippen LogP contribution < -0.4 is 10.6 Å². The van der Waals surface area contributed by atoms with E-state index in [2.05, 4.69) is 20.6 Å². The molecule has 0 bridgehead atoms. The van der Waals surface area contributed by atoms with Crippen LogP contribution in [-0.4, -0.2) is 17.0 Å². The van der Waals surface area contributed by atoms with Gasteiger partial charge in [0.25, 0.3) is 0 Å². The van der Waals surface area contributed by atoms with E-state index in [0.29, 0.717) is 11.5 Å². The highest BCUT2D eigenvalue weighted by Crippen LogP contribution is 2.23. The average molecular weight is 274 g/mol. The lowest BCUT2D eigenvalue weighted by atomic mass is 10.2. The Hall–Kier alpha value is -2.17. The van der Waals surface area contributed by atoms with Gasteiger partial charge in [-0.1, -0.05) is 19.9 Å². The number of hydrogen-bond donors (Lipinski definition) is 2. The minimum absolute atomic E-state index is 0.220. The lowest BCUT2D eigenvalue weighted by Gasteiger charge is -2.13. The zero-order valence-corrected chi connectivity index (χ0v) is 12.2. The van der Waals surface area contributed by atoms with Crippen LogP contribution in [0.3, 0.4) is 0 Å². The van der Waals surface area contributed by atoms with Crippen molar-refractivity contribution in [3.8, 4) is 0 Å². The molecular weight excluding hydrogens is 255 g/mol. The summed E-state index contributed by atoms with van der Waals surface area (Å²) >= 11 is 0. The van der Waals surface area contributed by atoms with Crippen LogP contribution in [0.5, 0.6) is 0 Å². The Morgan fingerprint density at radius 2 is 1.80 bits per heavy atom. The molecule has 2 N–H and O–H groups in total. The second-order valence-electron chi connectivity index (χ2n) is 4.99. The molecule has 0 spiro atoms. The van der Waals surface area contributed by atoms with Gasteiger partial charge in [0.05, 0.1) is 0 Å². The van der Waals surface area contributed by atoms with Gasteiger partial charge in [0.1, 0.15) is 23.3 Å². The molecule has 0 saturated carbocycles. The van der Waals surface area contributed by atoms with Crippen LogP contribution in [0.15, 0.2) is 24.3 Å².